The summed E-state index contributed by atoms with van der Waals surface area (Å²) >= 11 is 3.16. The first kappa shape index (κ1) is 16.2. The highest BCUT2D eigenvalue weighted by Crippen LogP contribution is 2.23. The summed E-state index contributed by atoms with van der Waals surface area (Å²) in [5.74, 6) is -0.272. The van der Waals surface area contributed by atoms with E-state index in [9.17, 15) is 4.39 Å². The molecule has 1 aromatic carbocycles. The van der Waals surface area contributed by atoms with E-state index >= 15 is 0 Å². The van der Waals surface area contributed by atoms with Gasteiger partial charge in [-0.15, -0.1) is 0 Å². The van der Waals surface area contributed by atoms with Crippen molar-refractivity contribution in [3.8, 4) is 0 Å². The second-order valence-electron chi connectivity index (χ2n) is 4.78. The Morgan fingerprint density at radius 1 is 1.32 bits per heavy atom. The van der Waals surface area contributed by atoms with Gasteiger partial charge in [-0.05, 0) is 47.0 Å². The number of benzene rings is 1. The van der Waals surface area contributed by atoms with Crippen molar-refractivity contribution in [1.82, 2.24) is 0 Å². The molecular weight excluding hydrogens is 307 g/mol. The molecule has 0 radical (unpaired) electrons. The van der Waals surface area contributed by atoms with Crippen LogP contribution in [0.1, 0.15) is 51.5 Å². The highest BCUT2D eigenvalue weighted by molar-refractivity contribution is 9.18. The Hall–Kier alpha value is -0.900. The molecule has 1 unspecified atom stereocenters. The fourth-order valence-corrected chi connectivity index (χ4v) is 2.48. The van der Waals surface area contributed by atoms with E-state index in [4.69, 9.17) is 5.41 Å². The van der Waals surface area contributed by atoms with Crippen LogP contribution in [0.25, 0.3) is 0 Å². The first-order chi connectivity index (χ1) is 9.08. The maximum absolute atomic E-state index is 13.4. The molecule has 106 valence electrons. The highest BCUT2D eigenvalue weighted by Gasteiger charge is 2.12. The van der Waals surface area contributed by atoms with Gasteiger partial charge in [0.25, 0.3) is 0 Å². The zero-order chi connectivity index (χ0) is 14.3. The molecule has 0 heterocycles. The van der Waals surface area contributed by atoms with Crippen molar-refractivity contribution in [1.29, 1.82) is 5.41 Å². The van der Waals surface area contributed by atoms with Gasteiger partial charge in [0, 0.05) is 17.3 Å². The molecule has 4 heteroatoms. The quantitative estimate of drug-likeness (QED) is 0.622. The molecule has 19 heavy (non-hydrogen) atoms. The van der Waals surface area contributed by atoms with Crippen molar-refractivity contribution in [2.45, 2.75) is 52.0 Å². The SMILES string of the molecule is CCCCC(CCC)Nc1cc(F)ccc1C(=N)Br. The summed E-state index contributed by atoms with van der Waals surface area (Å²) in [4.78, 5) is 0. The minimum Gasteiger partial charge on any atom is -0.382 e. The molecule has 0 spiro atoms. The van der Waals surface area contributed by atoms with Crippen LogP contribution in [0.5, 0.6) is 0 Å². The van der Waals surface area contributed by atoms with Crippen LogP contribution in [-0.2, 0) is 0 Å². The Kier molecular flexibility index (Phi) is 7.06. The summed E-state index contributed by atoms with van der Waals surface area (Å²) in [7, 11) is 0. The molecule has 1 rings (SSSR count). The van der Waals surface area contributed by atoms with Gasteiger partial charge in [0.1, 0.15) is 10.4 Å². The summed E-state index contributed by atoms with van der Waals surface area (Å²) < 4.78 is 13.7. The minimum atomic E-state index is -0.272. The number of rotatable bonds is 8. The Morgan fingerprint density at radius 3 is 2.63 bits per heavy atom. The monoisotopic (exact) mass is 328 g/mol. The van der Waals surface area contributed by atoms with E-state index in [1.165, 1.54) is 12.1 Å². The zero-order valence-electron chi connectivity index (χ0n) is 11.6. The average Bonchev–Trinajstić information content (AvgIpc) is 2.36. The van der Waals surface area contributed by atoms with E-state index in [2.05, 4.69) is 35.1 Å². The average molecular weight is 329 g/mol. The topological polar surface area (TPSA) is 35.9 Å². The van der Waals surface area contributed by atoms with Gasteiger partial charge in [0.15, 0.2) is 0 Å². The van der Waals surface area contributed by atoms with Crippen LogP contribution in [-0.4, -0.2) is 10.7 Å². The summed E-state index contributed by atoms with van der Waals surface area (Å²) in [5, 5.41) is 11.1. The summed E-state index contributed by atoms with van der Waals surface area (Å²) in [6, 6.07) is 4.84. The van der Waals surface area contributed by atoms with Gasteiger partial charge in [-0.2, -0.15) is 0 Å². The van der Waals surface area contributed by atoms with Crippen LogP contribution in [0.4, 0.5) is 10.1 Å². The van der Waals surface area contributed by atoms with Gasteiger partial charge in [-0.3, -0.25) is 5.41 Å². The lowest BCUT2D eigenvalue weighted by atomic mass is 10.0. The lowest BCUT2D eigenvalue weighted by molar-refractivity contribution is 0.563. The van der Waals surface area contributed by atoms with Gasteiger partial charge >= 0.3 is 0 Å². The van der Waals surface area contributed by atoms with Crippen molar-refractivity contribution >= 4 is 26.2 Å². The molecule has 1 atom stereocenters. The van der Waals surface area contributed by atoms with Crippen molar-refractivity contribution in [2.75, 3.05) is 5.32 Å². The molecule has 2 N–H and O–H groups in total. The summed E-state index contributed by atoms with van der Waals surface area (Å²) in [6.07, 6.45) is 5.56. The standard InChI is InChI=1S/C15H22BrFN2/c1-3-5-7-12(6-4-2)19-14-10-11(17)8-9-13(14)15(16)18/h8-10,12,18-19H,3-7H2,1-2H3. The Balaban J connectivity index is 2.87. The fourth-order valence-electron chi connectivity index (χ4n) is 2.13. The first-order valence-corrected chi connectivity index (χ1v) is 7.68. The second kappa shape index (κ2) is 8.31. The van der Waals surface area contributed by atoms with E-state index in [0.717, 1.165) is 32.1 Å². The Labute approximate surface area is 123 Å². The maximum Gasteiger partial charge on any atom is 0.125 e. The molecule has 0 saturated carbocycles. The summed E-state index contributed by atoms with van der Waals surface area (Å²) in [6.45, 7) is 4.32. The second-order valence-corrected chi connectivity index (χ2v) is 5.57. The number of hydrogen-bond acceptors (Lipinski definition) is 2. The van der Waals surface area contributed by atoms with Gasteiger partial charge in [0.05, 0.1) is 0 Å². The number of unbranched alkanes of at least 4 members (excludes halogenated alkanes) is 1. The molecular formula is C15H22BrFN2. The lowest BCUT2D eigenvalue weighted by Crippen LogP contribution is -2.20. The normalized spacial score (nSPS) is 12.2. The van der Waals surface area contributed by atoms with Gasteiger partial charge in [-0.1, -0.05) is 33.1 Å². The van der Waals surface area contributed by atoms with E-state index in [0.29, 0.717) is 17.3 Å². The molecule has 1 aromatic rings. The molecule has 0 amide bonds. The van der Waals surface area contributed by atoms with E-state index in [1.807, 2.05) is 0 Å². The van der Waals surface area contributed by atoms with Crippen LogP contribution in [0.2, 0.25) is 0 Å². The highest BCUT2D eigenvalue weighted by atomic mass is 79.9. The van der Waals surface area contributed by atoms with E-state index in [-0.39, 0.29) is 10.4 Å². The minimum absolute atomic E-state index is 0.272. The molecule has 0 fully saturated rings. The number of anilines is 1. The Morgan fingerprint density at radius 2 is 2.05 bits per heavy atom. The third-order valence-corrected chi connectivity index (χ3v) is 3.55. The molecule has 0 saturated heterocycles. The van der Waals surface area contributed by atoms with Crippen molar-refractivity contribution < 1.29 is 4.39 Å². The van der Waals surface area contributed by atoms with Gasteiger partial charge in [0.2, 0.25) is 0 Å². The molecule has 0 aromatic heterocycles. The van der Waals surface area contributed by atoms with Crippen LogP contribution in [0.3, 0.4) is 0 Å². The van der Waals surface area contributed by atoms with Crippen molar-refractivity contribution in [3.05, 3.63) is 29.6 Å². The third-order valence-electron chi connectivity index (χ3n) is 3.12. The van der Waals surface area contributed by atoms with Crippen LogP contribution < -0.4 is 5.32 Å². The third kappa shape index (κ3) is 5.31. The van der Waals surface area contributed by atoms with Crippen LogP contribution in [0, 0.1) is 11.2 Å². The van der Waals surface area contributed by atoms with Crippen LogP contribution >= 0.6 is 15.9 Å². The van der Waals surface area contributed by atoms with Crippen LogP contribution in [0.15, 0.2) is 18.2 Å². The predicted octanol–water partition coefficient (Wildman–Crippen LogP) is 5.32. The number of nitrogens with one attached hydrogen (secondary N) is 2. The Bertz CT molecular complexity index is 421. The molecule has 2 nitrogen and oxygen atoms in total. The smallest absolute Gasteiger partial charge is 0.125 e. The lowest BCUT2D eigenvalue weighted by Gasteiger charge is -2.21. The van der Waals surface area contributed by atoms with E-state index < -0.39 is 0 Å². The number of halogens is 2. The van der Waals surface area contributed by atoms with Crippen molar-refractivity contribution in [2.24, 2.45) is 0 Å². The van der Waals surface area contributed by atoms with E-state index in [1.54, 1.807) is 6.07 Å². The fraction of sp³-hybridized carbons (Fsp3) is 0.533. The maximum atomic E-state index is 13.4. The predicted molar refractivity (Wildman–Crippen MR) is 84.0 cm³/mol. The largest absolute Gasteiger partial charge is 0.382 e. The molecule has 0 aliphatic carbocycles. The molecule has 0 aliphatic heterocycles. The molecule has 0 aliphatic rings. The summed E-state index contributed by atoms with van der Waals surface area (Å²) in [5.41, 5.74) is 1.41. The van der Waals surface area contributed by atoms with Gasteiger partial charge in [-0.25, -0.2) is 4.39 Å². The number of hydrogen-bond donors (Lipinski definition) is 2. The first-order valence-electron chi connectivity index (χ1n) is 6.89. The van der Waals surface area contributed by atoms with Crippen molar-refractivity contribution in [3.63, 3.8) is 0 Å². The molecule has 0 bridgehead atoms. The zero-order valence-corrected chi connectivity index (χ0v) is 13.2. The van der Waals surface area contributed by atoms with Gasteiger partial charge < -0.3 is 5.32 Å².